The van der Waals surface area contributed by atoms with E-state index in [2.05, 4.69) is 9.97 Å². The van der Waals surface area contributed by atoms with Crippen LogP contribution in [-0.4, -0.2) is 47.0 Å². The van der Waals surface area contributed by atoms with Crippen LogP contribution in [0.5, 0.6) is 0 Å². The summed E-state index contributed by atoms with van der Waals surface area (Å²) in [6, 6.07) is 6.43. The Morgan fingerprint density at radius 3 is 2.19 bits per heavy atom. The molecule has 1 aliphatic heterocycles. The number of hydrogen-bond acceptors (Lipinski definition) is 4. The van der Waals surface area contributed by atoms with Gasteiger partial charge < -0.3 is 9.80 Å². The first-order valence-electron chi connectivity index (χ1n) is 8.28. The number of carbonyl (C=O) groups excluding carboxylic acids is 1. The summed E-state index contributed by atoms with van der Waals surface area (Å²) in [5, 5.41) is 0. The van der Waals surface area contributed by atoms with Crippen molar-refractivity contribution in [1.29, 1.82) is 0 Å². The number of piperazine rings is 1. The number of rotatable bonds is 2. The standard InChI is InChI=1S/C18H19F3N4O/c1-12-10-13(2)23-17(22-12)25-8-6-24(7-9-25)16(26)14-4-3-5-15(11-14)18(19,20)21/h3-5,10-11H,6-9H2,1-2H3. The molecule has 1 aromatic carbocycles. The highest BCUT2D eigenvalue weighted by atomic mass is 19.4. The molecule has 1 aliphatic rings. The number of nitrogens with zero attached hydrogens (tertiary/aromatic N) is 4. The molecule has 0 saturated carbocycles. The van der Waals surface area contributed by atoms with Crippen molar-refractivity contribution >= 4 is 11.9 Å². The van der Waals surface area contributed by atoms with Crippen LogP contribution in [-0.2, 0) is 6.18 Å². The molecule has 0 spiro atoms. The minimum Gasteiger partial charge on any atom is -0.337 e. The van der Waals surface area contributed by atoms with Gasteiger partial charge in [-0.1, -0.05) is 6.07 Å². The Morgan fingerprint density at radius 1 is 1.00 bits per heavy atom. The summed E-state index contributed by atoms with van der Waals surface area (Å²) in [5.41, 5.74) is 0.978. The van der Waals surface area contributed by atoms with Crippen LogP contribution in [0.1, 0.15) is 27.3 Å². The Hall–Kier alpha value is -2.64. The third-order valence-corrected chi connectivity index (χ3v) is 4.26. The maximum atomic E-state index is 12.8. The molecule has 3 rings (SSSR count). The van der Waals surface area contributed by atoms with Crippen molar-refractivity contribution in [2.75, 3.05) is 31.1 Å². The molecular formula is C18H19F3N4O. The zero-order valence-electron chi connectivity index (χ0n) is 14.5. The molecule has 0 unspecified atom stereocenters. The molecule has 2 heterocycles. The molecule has 8 heteroatoms. The van der Waals surface area contributed by atoms with Crippen molar-refractivity contribution in [2.24, 2.45) is 0 Å². The first-order valence-corrected chi connectivity index (χ1v) is 8.28. The Morgan fingerprint density at radius 2 is 1.62 bits per heavy atom. The first kappa shape index (κ1) is 18.2. The number of amides is 1. The van der Waals surface area contributed by atoms with Crippen LogP contribution >= 0.6 is 0 Å². The summed E-state index contributed by atoms with van der Waals surface area (Å²) in [4.78, 5) is 24.9. The molecule has 138 valence electrons. The Kier molecular flexibility index (Phi) is 4.84. The minimum atomic E-state index is -4.46. The maximum Gasteiger partial charge on any atom is 0.416 e. The number of benzene rings is 1. The molecule has 1 aromatic heterocycles. The first-order chi connectivity index (χ1) is 12.2. The van der Waals surface area contributed by atoms with Crippen LogP contribution in [0.25, 0.3) is 0 Å². The monoisotopic (exact) mass is 364 g/mol. The number of carbonyl (C=O) groups is 1. The number of aromatic nitrogens is 2. The number of hydrogen-bond donors (Lipinski definition) is 0. The van der Waals surface area contributed by atoms with E-state index < -0.39 is 17.6 Å². The number of anilines is 1. The highest BCUT2D eigenvalue weighted by molar-refractivity contribution is 5.94. The van der Waals surface area contributed by atoms with Gasteiger partial charge in [0.05, 0.1) is 5.56 Å². The smallest absolute Gasteiger partial charge is 0.337 e. The van der Waals surface area contributed by atoms with Crippen LogP contribution < -0.4 is 4.90 Å². The van der Waals surface area contributed by atoms with Crippen molar-refractivity contribution < 1.29 is 18.0 Å². The highest BCUT2D eigenvalue weighted by Crippen LogP contribution is 2.29. The lowest BCUT2D eigenvalue weighted by atomic mass is 10.1. The number of halogens is 3. The summed E-state index contributed by atoms with van der Waals surface area (Å²) >= 11 is 0. The highest BCUT2D eigenvalue weighted by Gasteiger charge is 2.31. The normalized spacial score (nSPS) is 15.3. The summed E-state index contributed by atoms with van der Waals surface area (Å²) < 4.78 is 38.5. The van der Waals surface area contributed by atoms with E-state index in [1.807, 2.05) is 24.8 Å². The van der Waals surface area contributed by atoms with E-state index in [1.165, 1.54) is 12.1 Å². The van der Waals surface area contributed by atoms with Gasteiger partial charge >= 0.3 is 6.18 Å². The molecular weight excluding hydrogens is 345 g/mol. The topological polar surface area (TPSA) is 49.3 Å². The SMILES string of the molecule is Cc1cc(C)nc(N2CCN(C(=O)c3cccc(C(F)(F)F)c3)CC2)n1. The zero-order chi connectivity index (χ0) is 18.9. The van der Waals surface area contributed by atoms with Gasteiger partial charge in [0.2, 0.25) is 5.95 Å². The van der Waals surface area contributed by atoms with E-state index in [0.29, 0.717) is 32.1 Å². The van der Waals surface area contributed by atoms with Gasteiger partial charge in [-0.15, -0.1) is 0 Å². The van der Waals surface area contributed by atoms with Gasteiger partial charge in [-0.25, -0.2) is 9.97 Å². The van der Waals surface area contributed by atoms with E-state index >= 15 is 0 Å². The lowest BCUT2D eigenvalue weighted by Gasteiger charge is -2.35. The van der Waals surface area contributed by atoms with Crippen molar-refractivity contribution in [3.05, 3.63) is 52.8 Å². The lowest BCUT2D eigenvalue weighted by Crippen LogP contribution is -2.49. The van der Waals surface area contributed by atoms with E-state index in [9.17, 15) is 18.0 Å². The predicted octanol–water partition coefficient (Wildman–Crippen LogP) is 3.07. The Labute approximate surface area is 149 Å². The van der Waals surface area contributed by atoms with E-state index in [0.717, 1.165) is 23.5 Å². The maximum absolute atomic E-state index is 12.8. The zero-order valence-corrected chi connectivity index (χ0v) is 14.5. The van der Waals surface area contributed by atoms with Gasteiger partial charge in [-0.2, -0.15) is 13.2 Å². The molecule has 1 fully saturated rings. The molecule has 0 atom stereocenters. The molecule has 0 radical (unpaired) electrons. The van der Waals surface area contributed by atoms with E-state index in [1.54, 1.807) is 4.90 Å². The molecule has 2 aromatic rings. The second-order valence-corrected chi connectivity index (χ2v) is 6.31. The summed E-state index contributed by atoms with van der Waals surface area (Å²) in [6.45, 7) is 5.68. The van der Waals surface area contributed by atoms with E-state index in [-0.39, 0.29) is 5.56 Å². The van der Waals surface area contributed by atoms with Crippen LogP contribution in [0.2, 0.25) is 0 Å². The van der Waals surface area contributed by atoms with Crippen LogP contribution in [0.4, 0.5) is 19.1 Å². The second kappa shape index (κ2) is 6.93. The van der Waals surface area contributed by atoms with Gasteiger partial charge in [0, 0.05) is 43.1 Å². The summed E-state index contributed by atoms with van der Waals surface area (Å²) in [5.74, 6) is 0.228. The van der Waals surface area contributed by atoms with Gasteiger partial charge in [0.25, 0.3) is 5.91 Å². The quantitative estimate of drug-likeness (QED) is 0.822. The van der Waals surface area contributed by atoms with Gasteiger partial charge in [-0.3, -0.25) is 4.79 Å². The molecule has 1 saturated heterocycles. The molecule has 0 bridgehead atoms. The fourth-order valence-electron chi connectivity index (χ4n) is 2.97. The average molecular weight is 364 g/mol. The van der Waals surface area contributed by atoms with Gasteiger partial charge in [0.1, 0.15) is 0 Å². The molecule has 1 amide bonds. The molecule has 5 nitrogen and oxygen atoms in total. The van der Waals surface area contributed by atoms with Crippen LogP contribution in [0.3, 0.4) is 0 Å². The van der Waals surface area contributed by atoms with E-state index in [4.69, 9.17) is 0 Å². The molecule has 26 heavy (non-hydrogen) atoms. The van der Waals surface area contributed by atoms with Gasteiger partial charge in [-0.05, 0) is 38.1 Å². The third-order valence-electron chi connectivity index (χ3n) is 4.26. The van der Waals surface area contributed by atoms with Crippen LogP contribution in [0.15, 0.2) is 30.3 Å². The predicted molar refractivity (Wildman–Crippen MR) is 91.1 cm³/mol. The van der Waals surface area contributed by atoms with Gasteiger partial charge in [0.15, 0.2) is 0 Å². The Balaban J connectivity index is 1.69. The van der Waals surface area contributed by atoms with Crippen LogP contribution in [0, 0.1) is 13.8 Å². The van der Waals surface area contributed by atoms with Crippen molar-refractivity contribution in [3.8, 4) is 0 Å². The van der Waals surface area contributed by atoms with Crippen molar-refractivity contribution in [2.45, 2.75) is 20.0 Å². The average Bonchev–Trinajstić information content (AvgIpc) is 2.60. The summed E-state index contributed by atoms with van der Waals surface area (Å²) in [6.07, 6.45) is -4.46. The van der Waals surface area contributed by atoms with Crippen molar-refractivity contribution in [1.82, 2.24) is 14.9 Å². The minimum absolute atomic E-state index is 0.0518. The Bertz CT molecular complexity index is 794. The fourth-order valence-corrected chi connectivity index (χ4v) is 2.97. The third kappa shape index (κ3) is 3.95. The second-order valence-electron chi connectivity index (χ2n) is 6.31. The number of alkyl halides is 3. The number of aryl methyl sites for hydroxylation is 2. The summed E-state index contributed by atoms with van der Waals surface area (Å²) in [7, 11) is 0. The lowest BCUT2D eigenvalue weighted by molar-refractivity contribution is -0.137. The molecule has 0 N–H and O–H groups in total. The fraction of sp³-hybridized carbons (Fsp3) is 0.389. The largest absolute Gasteiger partial charge is 0.416 e. The van der Waals surface area contributed by atoms with Crippen molar-refractivity contribution in [3.63, 3.8) is 0 Å². The molecule has 0 aliphatic carbocycles.